The number of benzene rings is 1. The normalized spacial score (nSPS) is 11.0. The highest BCUT2D eigenvalue weighted by Crippen LogP contribution is 2.26. The van der Waals surface area contributed by atoms with E-state index in [9.17, 15) is 9.90 Å². The molecule has 4 nitrogen and oxygen atoms in total. The number of fused-ring (bicyclic) bond motifs is 1. The van der Waals surface area contributed by atoms with Crippen LogP contribution in [0.1, 0.15) is 21.0 Å². The summed E-state index contributed by atoms with van der Waals surface area (Å²) in [5, 5.41) is 12.0. The lowest BCUT2D eigenvalue weighted by molar-refractivity contribution is 0.0682. The molecular formula is C16H14O4S. The molecule has 0 aliphatic rings. The number of carboxylic acids is 1. The Bertz CT molecular complexity index is 743. The molecule has 0 amide bonds. The molecule has 1 aromatic carbocycles. The van der Waals surface area contributed by atoms with Crippen LogP contribution in [0, 0.1) is 0 Å². The fourth-order valence-corrected chi connectivity index (χ4v) is 2.91. The van der Waals surface area contributed by atoms with Gasteiger partial charge < -0.3 is 14.3 Å². The standard InChI is InChI=1S/C16H14O4S/c17-16(18)15-12-5-1-2-6-13(12)20-14(15)10-19-8-7-11-4-3-9-21-11/h1-6,9H,7-8,10H2,(H,17,18). The fraction of sp³-hybridized carbons (Fsp3) is 0.188. The van der Waals surface area contributed by atoms with Gasteiger partial charge in [-0.2, -0.15) is 0 Å². The van der Waals surface area contributed by atoms with E-state index in [4.69, 9.17) is 9.15 Å². The van der Waals surface area contributed by atoms with Gasteiger partial charge in [-0.15, -0.1) is 11.3 Å². The molecule has 108 valence electrons. The van der Waals surface area contributed by atoms with Crippen LogP contribution in [0.4, 0.5) is 0 Å². The summed E-state index contributed by atoms with van der Waals surface area (Å²) in [4.78, 5) is 12.7. The van der Waals surface area contributed by atoms with Gasteiger partial charge in [-0.25, -0.2) is 4.79 Å². The number of furan rings is 1. The van der Waals surface area contributed by atoms with Crippen molar-refractivity contribution in [3.05, 3.63) is 58.0 Å². The number of thiophene rings is 1. The molecule has 0 unspecified atom stereocenters. The highest BCUT2D eigenvalue weighted by molar-refractivity contribution is 7.09. The van der Waals surface area contributed by atoms with Crippen molar-refractivity contribution in [2.45, 2.75) is 13.0 Å². The zero-order valence-electron chi connectivity index (χ0n) is 11.2. The first-order chi connectivity index (χ1) is 10.3. The number of carbonyl (C=O) groups is 1. The molecule has 5 heteroatoms. The van der Waals surface area contributed by atoms with E-state index < -0.39 is 5.97 Å². The third-order valence-electron chi connectivity index (χ3n) is 3.19. The summed E-state index contributed by atoms with van der Waals surface area (Å²) in [6.07, 6.45) is 0.820. The molecule has 1 N–H and O–H groups in total. The molecule has 0 aliphatic carbocycles. The van der Waals surface area contributed by atoms with Crippen LogP contribution in [0.3, 0.4) is 0 Å². The minimum absolute atomic E-state index is 0.168. The average Bonchev–Trinajstić information content (AvgIpc) is 3.10. The number of hydrogen-bond acceptors (Lipinski definition) is 4. The molecule has 0 radical (unpaired) electrons. The maximum absolute atomic E-state index is 11.4. The number of ether oxygens (including phenoxy) is 1. The lowest BCUT2D eigenvalue weighted by atomic mass is 10.1. The van der Waals surface area contributed by atoms with Crippen LogP contribution in [0.2, 0.25) is 0 Å². The van der Waals surface area contributed by atoms with Crippen molar-refractivity contribution in [2.75, 3.05) is 6.61 Å². The lowest BCUT2D eigenvalue weighted by Gasteiger charge is -2.02. The third-order valence-corrected chi connectivity index (χ3v) is 4.12. The Morgan fingerprint density at radius 1 is 1.24 bits per heavy atom. The van der Waals surface area contributed by atoms with Crippen molar-refractivity contribution in [3.8, 4) is 0 Å². The highest BCUT2D eigenvalue weighted by Gasteiger charge is 2.19. The van der Waals surface area contributed by atoms with Gasteiger partial charge >= 0.3 is 5.97 Å². The summed E-state index contributed by atoms with van der Waals surface area (Å²) >= 11 is 1.68. The van der Waals surface area contributed by atoms with Crippen LogP contribution >= 0.6 is 11.3 Å². The van der Waals surface area contributed by atoms with Crippen LogP contribution in [0.5, 0.6) is 0 Å². The van der Waals surface area contributed by atoms with Crippen LogP contribution in [-0.2, 0) is 17.8 Å². The number of para-hydroxylation sites is 1. The van der Waals surface area contributed by atoms with Crippen LogP contribution in [-0.4, -0.2) is 17.7 Å². The van der Waals surface area contributed by atoms with Crippen molar-refractivity contribution in [1.29, 1.82) is 0 Å². The second kappa shape index (κ2) is 6.11. The van der Waals surface area contributed by atoms with Gasteiger partial charge in [0.05, 0.1) is 6.61 Å². The minimum atomic E-state index is -0.989. The number of aromatic carboxylic acids is 1. The summed E-state index contributed by atoms with van der Waals surface area (Å²) < 4.78 is 11.2. The van der Waals surface area contributed by atoms with Gasteiger partial charge in [0.2, 0.25) is 0 Å². The fourth-order valence-electron chi connectivity index (χ4n) is 2.22. The van der Waals surface area contributed by atoms with Crippen molar-refractivity contribution >= 4 is 28.3 Å². The molecule has 2 heterocycles. The quantitative estimate of drug-likeness (QED) is 0.700. The summed E-state index contributed by atoms with van der Waals surface area (Å²) in [5.41, 5.74) is 0.772. The second-order valence-corrected chi connectivity index (χ2v) is 5.62. The molecular weight excluding hydrogens is 288 g/mol. The van der Waals surface area contributed by atoms with E-state index in [1.165, 1.54) is 4.88 Å². The maximum atomic E-state index is 11.4. The van der Waals surface area contributed by atoms with Gasteiger partial charge in [0, 0.05) is 16.7 Å². The van der Waals surface area contributed by atoms with Crippen molar-refractivity contribution in [1.82, 2.24) is 0 Å². The van der Waals surface area contributed by atoms with Gasteiger partial charge in [-0.3, -0.25) is 0 Å². The third kappa shape index (κ3) is 2.99. The monoisotopic (exact) mass is 302 g/mol. The van der Waals surface area contributed by atoms with Crippen LogP contribution < -0.4 is 0 Å². The van der Waals surface area contributed by atoms with Crippen LogP contribution in [0.15, 0.2) is 46.2 Å². The molecule has 0 aliphatic heterocycles. The Balaban J connectivity index is 1.71. The Labute approximate surface area is 125 Å². The smallest absolute Gasteiger partial charge is 0.340 e. The van der Waals surface area contributed by atoms with E-state index in [1.54, 1.807) is 29.5 Å². The second-order valence-electron chi connectivity index (χ2n) is 4.58. The molecule has 0 saturated carbocycles. The molecule has 3 aromatic rings. The maximum Gasteiger partial charge on any atom is 0.340 e. The zero-order valence-corrected chi connectivity index (χ0v) is 12.1. The topological polar surface area (TPSA) is 59.7 Å². The molecule has 21 heavy (non-hydrogen) atoms. The van der Waals surface area contributed by atoms with E-state index in [0.717, 1.165) is 6.42 Å². The van der Waals surface area contributed by atoms with Crippen molar-refractivity contribution in [3.63, 3.8) is 0 Å². The van der Waals surface area contributed by atoms with E-state index >= 15 is 0 Å². The number of carboxylic acid groups (broad SMARTS) is 1. The van der Waals surface area contributed by atoms with Gasteiger partial charge in [0.15, 0.2) is 0 Å². The predicted molar refractivity (Wildman–Crippen MR) is 80.9 cm³/mol. The molecule has 0 bridgehead atoms. The first-order valence-electron chi connectivity index (χ1n) is 6.59. The number of hydrogen-bond donors (Lipinski definition) is 1. The molecule has 0 fully saturated rings. The van der Waals surface area contributed by atoms with E-state index in [2.05, 4.69) is 6.07 Å². The van der Waals surface area contributed by atoms with Crippen molar-refractivity contribution in [2.24, 2.45) is 0 Å². The zero-order chi connectivity index (χ0) is 14.7. The van der Waals surface area contributed by atoms with E-state index in [-0.39, 0.29) is 12.2 Å². The van der Waals surface area contributed by atoms with E-state index in [0.29, 0.717) is 23.3 Å². The largest absolute Gasteiger partial charge is 0.478 e. The van der Waals surface area contributed by atoms with Gasteiger partial charge in [-0.05, 0) is 17.5 Å². The Morgan fingerprint density at radius 2 is 2.10 bits per heavy atom. The first kappa shape index (κ1) is 13.9. The summed E-state index contributed by atoms with van der Waals surface area (Å²) in [5.74, 6) is -0.619. The first-order valence-corrected chi connectivity index (χ1v) is 7.47. The predicted octanol–water partition coefficient (Wildman–Crippen LogP) is 3.95. The van der Waals surface area contributed by atoms with Gasteiger partial charge in [0.1, 0.15) is 23.5 Å². The molecule has 0 atom stereocenters. The van der Waals surface area contributed by atoms with Crippen LogP contribution in [0.25, 0.3) is 11.0 Å². The lowest BCUT2D eigenvalue weighted by Crippen LogP contribution is -2.03. The van der Waals surface area contributed by atoms with Crippen molar-refractivity contribution < 1.29 is 19.1 Å². The average molecular weight is 302 g/mol. The summed E-state index contributed by atoms with van der Waals surface area (Å²) in [6.45, 7) is 0.707. The Morgan fingerprint density at radius 3 is 2.86 bits per heavy atom. The SMILES string of the molecule is O=C(O)c1c(COCCc2cccs2)oc2ccccc12. The highest BCUT2D eigenvalue weighted by atomic mass is 32.1. The minimum Gasteiger partial charge on any atom is -0.478 e. The molecule has 3 rings (SSSR count). The molecule has 0 saturated heterocycles. The van der Waals surface area contributed by atoms with E-state index in [1.807, 2.05) is 17.5 Å². The summed E-state index contributed by atoms with van der Waals surface area (Å²) in [6, 6.07) is 11.2. The van der Waals surface area contributed by atoms with Gasteiger partial charge in [0.25, 0.3) is 0 Å². The Hall–Kier alpha value is -2.11. The molecule has 0 spiro atoms. The Kier molecular flexibility index (Phi) is 4.03. The van der Waals surface area contributed by atoms with Gasteiger partial charge in [-0.1, -0.05) is 24.3 Å². The molecule has 2 aromatic heterocycles. The number of rotatable bonds is 6. The summed E-state index contributed by atoms with van der Waals surface area (Å²) in [7, 11) is 0.